The molecule has 1 aliphatic rings. The topological polar surface area (TPSA) is 52.7 Å². The Kier molecular flexibility index (Phi) is 6.17. The van der Waals surface area contributed by atoms with Crippen LogP contribution < -0.4 is 5.32 Å². The van der Waals surface area contributed by atoms with Crippen molar-refractivity contribution in [1.29, 1.82) is 0 Å². The van der Waals surface area contributed by atoms with Crippen molar-refractivity contribution in [3.63, 3.8) is 0 Å². The number of rotatable bonds is 4. The lowest BCUT2D eigenvalue weighted by Crippen LogP contribution is -2.50. The molecule has 0 aromatic heterocycles. The molecule has 2 amide bonds. The van der Waals surface area contributed by atoms with Crippen molar-refractivity contribution >= 4 is 17.5 Å². The summed E-state index contributed by atoms with van der Waals surface area (Å²) in [4.78, 5) is 27.9. The Morgan fingerprint density at radius 2 is 1.66 bits per heavy atom. The predicted octanol–water partition coefficient (Wildman–Crippen LogP) is 3.24. The van der Waals surface area contributed by atoms with Crippen molar-refractivity contribution < 1.29 is 27.2 Å². The first-order valence-corrected chi connectivity index (χ1v) is 8.97. The number of piperazine rings is 1. The summed E-state index contributed by atoms with van der Waals surface area (Å²) in [7, 11) is 0. The van der Waals surface area contributed by atoms with E-state index in [0.29, 0.717) is 13.1 Å². The summed E-state index contributed by atoms with van der Waals surface area (Å²) in [5, 5.41) is 2.49. The minimum atomic E-state index is -4.51. The van der Waals surface area contributed by atoms with E-state index in [1.165, 1.54) is 35.2 Å². The third-order valence-corrected chi connectivity index (χ3v) is 4.61. The summed E-state index contributed by atoms with van der Waals surface area (Å²) < 4.78 is 52.1. The molecular weight excluding hydrogens is 390 g/mol. The highest BCUT2D eigenvalue weighted by atomic mass is 19.4. The highest BCUT2D eigenvalue weighted by molar-refractivity contribution is 5.94. The Labute approximate surface area is 164 Å². The van der Waals surface area contributed by atoms with Crippen molar-refractivity contribution in [1.82, 2.24) is 9.80 Å². The van der Waals surface area contributed by atoms with Gasteiger partial charge in [-0.3, -0.25) is 14.5 Å². The van der Waals surface area contributed by atoms with Crippen LogP contribution in [0.25, 0.3) is 0 Å². The molecule has 2 aromatic rings. The molecular formula is C20H19F4N3O2. The van der Waals surface area contributed by atoms with Crippen LogP contribution in [0, 0.1) is 5.82 Å². The lowest BCUT2D eigenvalue weighted by Gasteiger charge is -2.34. The number of benzene rings is 2. The summed E-state index contributed by atoms with van der Waals surface area (Å²) in [6.45, 7) is 1.36. The highest BCUT2D eigenvalue weighted by Gasteiger charge is 2.31. The van der Waals surface area contributed by atoms with Crippen LogP contribution in [-0.2, 0) is 11.0 Å². The average molecular weight is 409 g/mol. The number of hydrogen-bond acceptors (Lipinski definition) is 3. The molecule has 0 atom stereocenters. The average Bonchev–Trinajstić information content (AvgIpc) is 2.69. The maximum Gasteiger partial charge on any atom is 0.416 e. The first-order valence-electron chi connectivity index (χ1n) is 8.97. The van der Waals surface area contributed by atoms with Crippen LogP contribution in [0.4, 0.5) is 23.2 Å². The van der Waals surface area contributed by atoms with Gasteiger partial charge in [-0.05, 0) is 30.3 Å². The van der Waals surface area contributed by atoms with E-state index in [9.17, 15) is 27.2 Å². The second-order valence-corrected chi connectivity index (χ2v) is 6.67. The molecule has 0 spiro atoms. The molecule has 1 fully saturated rings. The van der Waals surface area contributed by atoms with Crippen LogP contribution in [0.5, 0.6) is 0 Å². The van der Waals surface area contributed by atoms with E-state index in [1.807, 2.05) is 0 Å². The van der Waals surface area contributed by atoms with Crippen molar-refractivity contribution in [2.45, 2.75) is 6.18 Å². The number of nitrogens with zero attached hydrogens (tertiary/aromatic N) is 2. The molecule has 1 saturated heterocycles. The molecule has 9 heteroatoms. The van der Waals surface area contributed by atoms with E-state index in [2.05, 4.69) is 5.32 Å². The summed E-state index contributed by atoms with van der Waals surface area (Å²) in [5.74, 6) is -1.39. The van der Waals surface area contributed by atoms with Gasteiger partial charge in [-0.25, -0.2) is 4.39 Å². The van der Waals surface area contributed by atoms with Gasteiger partial charge in [0.1, 0.15) is 5.82 Å². The van der Waals surface area contributed by atoms with E-state index >= 15 is 0 Å². The Balaban J connectivity index is 1.53. The zero-order valence-corrected chi connectivity index (χ0v) is 15.4. The molecule has 5 nitrogen and oxygen atoms in total. The first-order chi connectivity index (χ1) is 13.7. The Hall–Kier alpha value is -2.94. The lowest BCUT2D eigenvalue weighted by molar-refractivity contribution is -0.137. The van der Waals surface area contributed by atoms with Crippen LogP contribution in [0.3, 0.4) is 0 Å². The smallest absolute Gasteiger partial charge is 0.336 e. The zero-order valence-electron chi connectivity index (χ0n) is 15.4. The fraction of sp³-hybridized carbons (Fsp3) is 0.300. The van der Waals surface area contributed by atoms with Crippen LogP contribution in [-0.4, -0.2) is 54.3 Å². The van der Waals surface area contributed by atoms with Gasteiger partial charge in [0.05, 0.1) is 17.8 Å². The normalized spacial score (nSPS) is 15.2. The lowest BCUT2D eigenvalue weighted by atomic mass is 10.1. The summed E-state index contributed by atoms with van der Waals surface area (Å²) in [5.41, 5.74) is -0.798. The minimum Gasteiger partial charge on any atom is -0.336 e. The molecule has 0 saturated carbocycles. The van der Waals surface area contributed by atoms with Gasteiger partial charge in [0.25, 0.3) is 5.91 Å². The number of hydrogen-bond donors (Lipinski definition) is 1. The van der Waals surface area contributed by atoms with Crippen molar-refractivity contribution in [2.24, 2.45) is 0 Å². The number of carbonyl (C=O) groups is 2. The van der Waals surface area contributed by atoms with Crippen LogP contribution in [0.15, 0.2) is 48.5 Å². The van der Waals surface area contributed by atoms with Gasteiger partial charge >= 0.3 is 6.18 Å². The van der Waals surface area contributed by atoms with E-state index in [1.54, 1.807) is 11.0 Å². The van der Waals surface area contributed by atoms with Crippen LogP contribution in [0.1, 0.15) is 15.9 Å². The van der Waals surface area contributed by atoms with Gasteiger partial charge in [0, 0.05) is 31.7 Å². The molecule has 2 aromatic carbocycles. The largest absolute Gasteiger partial charge is 0.416 e. The van der Waals surface area contributed by atoms with Crippen molar-refractivity contribution in [2.75, 3.05) is 38.0 Å². The van der Waals surface area contributed by atoms with Crippen molar-refractivity contribution in [3.8, 4) is 0 Å². The molecule has 154 valence electrons. The first kappa shape index (κ1) is 20.8. The molecule has 0 unspecified atom stereocenters. The Bertz CT molecular complexity index is 893. The fourth-order valence-corrected chi connectivity index (χ4v) is 3.08. The quantitative estimate of drug-likeness (QED) is 0.789. The van der Waals surface area contributed by atoms with E-state index in [-0.39, 0.29) is 36.8 Å². The third-order valence-electron chi connectivity index (χ3n) is 4.61. The monoisotopic (exact) mass is 409 g/mol. The van der Waals surface area contributed by atoms with Gasteiger partial charge in [-0.15, -0.1) is 0 Å². The van der Waals surface area contributed by atoms with Gasteiger partial charge in [0.2, 0.25) is 5.91 Å². The van der Waals surface area contributed by atoms with Crippen LogP contribution >= 0.6 is 0 Å². The second kappa shape index (κ2) is 8.60. The maximum absolute atomic E-state index is 13.6. The Morgan fingerprint density at radius 1 is 0.966 bits per heavy atom. The minimum absolute atomic E-state index is 0.0226. The molecule has 0 bridgehead atoms. The predicted molar refractivity (Wildman–Crippen MR) is 98.8 cm³/mol. The van der Waals surface area contributed by atoms with E-state index < -0.39 is 23.5 Å². The van der Waals surface area contributed by atoms with Crippen LogP contribution in [0.2, 0.25) is 0 Å². The zero-order chi connectivity index (χ0) is 21.0. The molecule has 1 heterocycles. The van der Waals surface area contributed by atoms with Crippen molar-refractivity contribution in [3.05, 3.63) is 65.5 Å². The number of para-hydroxylation sites is 1. The highest BCUT2D eigenvalue weighted by Crippen LogP contribution is 2.29. The van der Waals surface area contributed by atoms with Gasteiger partial charge in [-0.2, -0.15) is 13.2 Å². The molecule has 0 aliphatic carbocycles. The number of nitrogens with one attached hydrogen (secondary N) is 1. The molecule has 1 N–H and O–H groups in total. The van der Waals surface area contributed by atoms with E-state index in [0.717, 1.165) is 12.1 Å². The number of amides is 2. The fourth-order valence-electron chi connectivity index (χ4n) is 3.08. The van der Waals surface area contributed by atoms with Gasteiger partial charge < -0.3 is 10.2 Å². The summed E-state index contributed by atoms with van der Waals surface area (Å²) in [6, 6.07) is 10.2. The number of anilines is 1. The van der Waals surface area contributed by atoms with Gasteiger partial charge in [0.15, 0.2) is 0 Å². The maximum atomic E-state index is 13.6. The SMILES string of the molecule is O=C(CN1CCN(C(=O)c2cccc(C(F)(F)F)c2)CC1)Nc1ccccc1F. The molecule has 0 radical (unpaired) electrons. The molecule has 1 aliphatic heterocycles. The third kappa shape index (κ3) is 5.32. The van der Waals surface area contributed by atoms with E-state index in [4.69, 9.17) is 0 Å². The standard InChI is InChI=1S/C20H19F4N3O2/c21-16-6-1-2-7-17(16)25-18(28)13-26-8-10-27(11-9-26)19(29)14-4-3-5-15(12-14)20(22,23)24/h1-7,12H,8-11,13H2,(H,25,28). The second-order valence-electron chi connectivity index (χ2n) is 6.67. The summed E-state index contributed by atoms with van der Waals surface area (Å²) in [6.07, 6.45) is -4.51. The molecule has 3 rings (SSSR count). The number of carbonyl (C=O) groups excluding carboxylic acids is 2. The number of alkyl halides is 3. The number of halogens is 4. The summed E-state index contributed by atoms with van der Waals surface area (Å²) >= 11 is 0. The Morgan fingerprint density at radius 3 is 2.31 bits per heavy atom. The van der Waals surface area contributed by atoms with Gasteiger partial charge in [-0.1, -0.05) is 18.2 Å². The molecule has 29 heavy (non-hydrogen) atoms.